The number of carboxylic acid groups (broad SMARTS) is 1. The summed E-state index contributed by atoms with van der Waals surface area (Å²) in [6.45, 7) is 4.50. The van der Waals surface area contributed by atoms with Crippen molar-refractivity contribution in [1.29, 1.82) is 0 Å². The van der Waals surface area contributed by atoms with Crippen molar-refractivity contribution in [2.45, 2.75) is 63.6 Å². The van der Waals surface area contributed by atoms with Crippen molar-refractivity contribution in [2.75, 3.05) is 13.1 Å². The second-order valence-corrected chi connectivity index (χ2v) is 7.39. The molecule has 3 rings (SSSR count). The number of quaternary nitrogens is 1. The van der Waals surface area contributed by atoms with Gasteiger partial charge in [-0.25, -0.2) is 0 Å². The molecule has 0 aromatic rings. The van der Waals surface area contributed by atoms with E-state index < -0.39 is 5.97 Å². The predicted molar refractivity (Wildman–Crippen MR) is 73.5 cm³/mol. The van der Waals surface area contributed by atoms with Gasteiger partial charge in [0, 0.05) is 31.6 Å². The first-order valence-corrected chi connectivity index (χ1v) is 7.83. The minimum Gasteiger partial charge on any atom is -0.481 e. The van der Waals surface area contributed by atoms with E-state index in [0.717, 1.165) is 37.5 Å². The largest absolute Gasteiger partial charge is 0.481 e. The van der Waals surface area contributed by atoms with Crippen LogP contribution in [0.15, 0.2) is 0 Å². The van der Waals surface area contributed by atoms with Crippen LogP contribution in [0.3, 0.4) is 0 Å². The molecule has 3 fully saturated rings. The molecule has 0 aromatic carbocycles. The van der Waals surface area contributed by atoms with Crippen molar-refractivity contribution in [2.24, 2.45) is 17.6 Å². The fraction of sp³-hybridized carbons (Fsp3) is 0.933. The number of nitrogens with zero attached hydrogens (tertiary/aromatic N) is 1. The Kier molecular flexibility index (Phi) is 3.34. The fourth-order valence-electron chi connectivity index (χ4n) is 4.73. The smallest absolute Gasteiger partial charge is 0.303 e. The van der Waals surface area contributed by atoms with Gasteiger partial charge in [-0.2, -0.15) is 0 Å². The van der Waals surface area contributed by atoms with Crippen LogP contribution in [0.2, 0.25) is 0 Å². The Morgan fingerprint density at radius 2 is 1.89 bits per heavy atom. The third kappa shape index (κ3) is 2.52. The number of likely N-dealkylation sites (tertiary alicyclic amines) is 1. The zero-order chi connectivity index (χ0) is 13.6. The lowest BCUT2D eigenvalue weighted by Crippen LogP contribution is -2.68. The predicted octanol–water partition coefficient (Wildman–Crippen LogP) is 1.59. The molecule has 4 nitrogen and oxygen atoms in total. The average Bonchev–Trinajstić information content (AvgIpc) is 3.06. The molecule has 108 valence electrons. The van der Waals surface area contributed by atoms with Gasteiger partial charge in [-0.1, -0.05) is 6.92 Å². The topological polar surface area (TPSA) is 63.3 Å². The van der Waals surface area contributed by atoms with Crippen LogP contribution >= 0.6 is 0 Å². The Balaban J connectivity index is 1.76. The van der Waals surface area contributed by atoms with Crippen molar-refractivity contribution >= 4 is 5.97 Å². The lowest BCUT2D eigenvalue weighted by Gasteiger charge is -2.56. The van der Waals surface area contributed by atoms with Gasteiger partial charge in [-0.15, -0.1) is 0 Å². The van der Waals surface area contributed by atoms with Crippen LogP contribution in [-0.2, 0) is 4.79 Å². The van der Waals surface area contributed by atoms with E-state index in [1.807, 2.05) is 0 Å². The molecule has 1 saturated heterocycles. The van der Waals surface area contributed by atoms with E-state index >= 15 is 0 Å². The molecule has 0 spiro atoms. The second kappa shape index (κ2) is 4.74. The number of rotatable bonds is 4. The molecule has 2 saturated carbocycles. The van der Waals surface area contributed by atoms with Crippen LogP contribution in [0.1, 0.15) is 45.4 Å². The molecule has 1 heterocycles. The van der Waals surface area contributed by atoms with Crippen molar-refractivity contribution < 1.29 is 14.4 Å². The molecular weight excluding hydrogens is 240 g/mol. The van der Waals surface area contributed by atoms with Gasteiger partial charge < -0.3 is 15.3 Å². The van der Waals surface area contributed by atoms with Gasteiger partial charge in [0.1, 0.15) is 0 Å². The van der Waals surface area contributed by atoms with Gasteiger partial charge in [0.25, 0.3) is 0 Å². The molecule has 0 aromatic heterocycles. The van der Waals surface area contributed by atoms with E-state index in [1.165, 1.54) is 30.2 Å². The van der Waals surface area contributed by atoms with Crippen molar-refractivity contribution in [1.82, 2.24) is 0 Å². The maximum absolute atomic E-state index is 11.0. The summed E-state index contributed by atoms with van der Waals surface area (Å²) in [7, 11) is 0. The SMILES string of the molecule is CC1CC([N+]2(C3CC3)CC(N)CC(CC(=O)O)C2)C1. The van der Waals surface area contributed by atoms with E-state index in [2.05, 4.69) is 6.92 Å². The van der Waals surface area contributed by atoms with Gasteiger partial charge >= 0.3 is 5.97 Å². The summed E-state index contributed by atoms with van der Waals surface area (Å²) in [6, 6.07) is 1.76. The number of hydrogen-bond donors (Lipinski definition) is 2. The van der Waals surface area contributed by atoms with Crippen LogP contribution in [-0.4, -0.2) is 46.8 Å². The van der Waals surface area contributed by atoms with E-state index in [1.54, 1.807) is 0 Å². The third-order valence-electron chi connectivity index (χ3n) is 5.62. The number of aliphatic carboxylic acids is 1. The van der Waals surface area contributed by atoms with Gasteiger partial charge in [-0.3, -0.25) is 4.79 Å². The Morgan fingerprint density at radius 1 is 1.21 bits per heavy atom. The van der Waals surface area contributed by atoms with Crippen LogP contribution in [0.5, 0.6) is 0 Å². The molecule has 4 heteroatoms. The number of carboxylic acids is 1. The maximum atomic E-state index is 11.0. The molecule has 0 radical (unpaired) electrons. The molecule has 3 unspecified atom stereocenters. The van der Waals surface area contributed by atoms with E-state index in [9.17, 15) is 4.79 Å². The normalized spacial score (nSPS) is 46.6. The summed E-state index contributed by atoms with van der Waals surface area (Å²) in [5.41, 5.74) is 6.28. The first kappa shape index (κ1) is 13.4. The summed E-state index contributed by atoms with van der Waals surface area (Å²) in [5.74, 6) is 0.488. The summed E-state index contributed by atoms with van der Waals surface area (Å²) >= 11 is 0. The van der Waals surface area contributed by atoms with Gasteiger partial charge in [0.2, 0.25) is 0 Å². The monoisotopic (exact) mass is 267 g/mol. The number of nitrogens with two attached hydrogens (primary N) is 1. The second-order valence-electron chi connectivity index (χ2n) is 7.39. The quantitative estimate of drug-likeness (QED) is 0.760. The lowest BCUT2D eigenvalue weighted by atomic mass is 9.76. The fourth-order valence-corrected chi connectivity index (χ4v) is 4.73. The van der Waals surface area contributed by atoms with Crippen molar-refractivity contribution in [3.63, 3.8) is 0 Å². The van der Waals surface area contributed by atoms with Gasteiger partial charge in [-0.05, 0) is 12.3 Å². The van der Waals surface area contributed by atoms with Crippen LogP contribution in [0.4, 0.5) is 0 Å². The first-order valence-electron chi connectivity index (χ1n) is 7.83. The molecular formula is C15H27N2O2+. The zero-order valence-corrected chi connectivity index (χ0v) is 11.9. The maximum Gasteiger partial charge on any atom is 0.303 e. The Labute approximate surface area is 115 Å². The Bertz CT molecular complexity index is 363. The minimum atomic E-state index is -0.657. The molecule has 2 aliphatic carbocycles. The summed E-state index contributed by atoms with van der Waals surface area (Å²) in [4.78, 5) is 11.0. The highest BCUT2D eigenvalue weighted by Crippen LogP contribution is 2.47. The van der Waals surface area contributed by atoms with Crippen LogP contribution in [0, 0.1) is 11.8 Å². The van der Waals surface area contributed by atoms with E-state index in [4.69, 9.17) is 10.8 Å². The number of hydrogen-bond acceptors (Lipinski definition) is 2. The molecule has 19 heavy (non-hydrogen) atoms. The van der Waals surface area contributed by atoms with Crippen molar-refractivity contribution in [3.05, 3.63) is 0 Å². The Morgan fingerprint density at radius 3 is 2.42 bits per heavy atom. The summed E-state index contributed by atoms with van der Waals surface area (Å²) in [6.07, 6.45) is 6.52. The highest BCUT2D eigenvalue weighted by Gasteiger charge is 2.56. The van der Waals surface area contributed by atoms with Gasteiger partial charge in [0.15, 0.2) is 0 Å². The zero-order valence-electron chi connectivity index (χ0n) is 11.9. The standard InChI is InChI=1S/C15H26N2O2/c1-10-4-14(5-10)17(13-2-3-13)8-11(7-15(18)19)6-12(16)9-17/h10-14H,2-9,16H2,1H3/p+1. The average molecular weight is 267 g/mol. The highest BCUT2D eigenvalue weighted by atomic mass is 16.4. The van der Waals surface area contributed by atoms with Crippen molar-refractivity contribution in [3.8, 4) is 0 Å². The summed E-state index contributed by atoms with van der Waals surface area (Å²) < 4.78 is 1.17. The molecule has 3 N–H and O–H groups in total. The molecule has 1 aliphatic heterocycles. The van der Waals surface area contributed by atoms with Crippen LogP contribution < -0.4 is 5.73 Å². The minimum absolute atomic E-state index is 0.203. The molecule has 3 aliphatic rings. The third-order valence-corrected chi connectivity index (χ3v) is 5.62. The molecule has 0 bridgehead atoms. The highest BCUT2D eigenvalue weighted by molar-refractivity contribution is 5.67. The Hall–Kier alpha value is -0.610. The van der Waals surface area contributed by atoms with E-state index in [0.29, 0.717) is 6.42 Å². The number of piperidine rings is 1. The van der Waals surface area contributed by atoms with E-state index in [-0.39, 0.29) is 12.0 Å². The molecule has 3 atom stereocenters. The summed E-state index contributed by atoms with van der Waals surface area (Å²) in [5, 5.41) is 9.08. The van der Waals surface area contributed by atoms with Crippen LogP contribution in [0.25, 0.3) is 0 Å². The molecule has 0 amide bonds. The lowest BCUT2D eigenvalue weighted by molar-refractivity contribution is -0.975. The first-order chi connectivity index (χ1) is 8.99. The number of carbonyl (C=O) groups is 1. The van der Waals surface area contributed by atoms with Gasteiger partial charge in [0.05, 0.1) is 37.6 Å².